The highest BCUT2D eigenvalue weighted by Gasteiger charge is 2.28. The van der Waals surface area contributed by atoms with Gasteiger partial charge < -0.3 is 14.4 Å². The maximum Gasteiger partial charge on any atom is 0.231 e. The van der Waals surface area contributed by atoms with E-state index in [1.54, 1.807) is 11.3 Å². The fourth-order valence-corrected chi connectivity index (χ4v) is 4.37. The van der Waals surface area contributed by atoms with Crippen LogP contribution >= 0.6 is 11.3 Å². The molecule has 0 N–H and O–H groups in total. The molecule has 3 heterocycles. The molecule has 2 aromatic rings. The number of likely N-dealkylation sites (tertiary alicyclic amines) is 1. The maximum absolute atomic E-state index is 13.0. The van der Waals surface area contributed by atoms with Gasteiger partial charge in [0.15, 0.2) is 22.4 Å². The molecule has 0 bridgehead atoms. The molecule has 2 aliphatic rings. The van der Waals surface area contributed by atoms with E-state index in [0.717, 1.165) is 37.6 Å². The van der Waals surface area contributed by atoms with Gasteiger partial charge in [-0.3, -0.25) is 9.69 Å². The number of benzene rings is 1. The molecule has 1 aromatic heterocycles. The Balaban J connectivity index is 1.42. The van der Waals surface area contributed by atoms with Crippen LogP contribution in [0.2, 0.25) is 0 Å². The largest absolute Gasteiger partial charge is 0.454 e. The number of ether oxygens (including phenoxy) is 2. The van der Waals surface area contributed by atoms with E-state index in [4.69, 9.17) is 9.47 Å². The Morgan fingerprint density at radius 3 is 3.00 bits per heavy atom. The third-order valence-electron chi connectivity index (χ3n) is 4.84. The SMILES string of the molecule is CN(C)c1ncc(CN2CCC[C@H](C(=O)c3ccc4c(c3)OCO4)C2)s1. The predicted octanol–water partition coefficient (Wildman–Crippen LogP) is 3.03. The molecule has 0 radical (unpaired) electrons. The Morgan fingerprint density at radius 1 is 1.35 bits per heavy atom. The Labute approximate surface area is 157 Å². The number of Topliss-reactive ketones (excluding diaryl/α,β-unsaturated/α-hetero) is 1. The first-order valence-corrected chi connectivity index (χ1v) is 9.70. The molecule has 1 aromatic carbocycles. The number of thiazole rings is 1. The Hall–Kier alpha value is -2.12. The number of anilines is 1. The molecular weight excluding hydrogens is 350 g/mol. The number of rotatable bonds is 5. The molecule has 0 unspecified atom stereocenters. The summed E-state index contributed by atoms with van der Waals surface area (Å²) in [6, 6.07) is 5.49. The quantitative estimate of drug-likeness (QED) is 0.751. The minimum absolute atomic E-state index is 0.0327. The van der Waals surface area contributed by atoms with Gasteiger partial charge in [0.1, 0.15) is 0 Å². The fourth-order valence-electron chi connectivity index (χ4n) is 3.50. The van der Waals surface area contributed by atoms with Crippen molar-refractivity contribution < 1.29 is 14.3 Å². The van der Waals surface area contributed by atoms with Crippen LogP contribution in [0.4, 0.5) is 5.13 Å². The van der Waals surface area contributed by atoms with Crippen molar-refractivity contribution in [2.45, 2.75) is 19.4 Å². The Bertz CT molecular complexity index is 805. The molecule has 7 heteroatoms. The van der Waals surface area contributed by atoms with Gasteiger partial charge in [0.05, 0.1) is 0 Å². The van der Waals surface area contributed by atoms with Crippen molar-refractivity contribution in [1.29, 1.82) is 0 Å². The summed E-state index contributed by atoms with van der Waals surface area (Å²) in [6.07, 6.45) is 3.93. The van der Waals surface area contributed by atoms with Gasteiger partial charge in [-0.15, -0.1) is 11.3 Å². The second-order valence-electron chi connectivity index (χ2n) is 7.01. The third kappa shape index (κ3) is 3.54. The molecule has 2 aliphatic heterocycles. The van der Waals surface area contributed by atoms with Crippen molar-refractivity contribution >= 4 is 22.3 Å². The van der Waals surface area contributed by atoms with E-state index < -0.39 is 0 Å². The molecule has 138 valence electrons. The normalized spacial score (nSPS) is 19.5. The van der Waals surface area contributed by atoms with Crippen molar-refractivity contribution in [3.63, 3.8) is 0 Å². The van der Waals surface area contributed by atoms with E-state index in [0.29, 0.717) is 17.1 Å². The lowest BCUT2D eigenvalue weighted by Crippen LogP contribution is -2.38. The van der Waals surface area contributed by atoms with E-state index in [1.165, 1.54) is 4.88 Å². The van der Waals surface area contributed by atoms with Crippen molar-refractivity contribution in [2.24, 2.45) is 5.92 Å². The zero-order valence-electron chi connectivity index (χ0n) is 15.1. The first-order valence-electron chi connectivity index (χ1n) is 8.88. The highest BCUT2D eigenvalue weighted by Crippen LogP contribution is 2.34. The van der Waals surface area contributed by atoms with Crippen LogP contribution in [-0.2, 0) is 6.54 Å². The van der Waals surface area contributed by atoms with E-state index in [1.807, 2.05) is 43.4 Å². The smallest absolute Gasteiger partial charge is 0.231 e. The van der Waals surface area contributed by atoms with Crippen LogP contribution in [0.15, 0.2) is 24.4 Å². The molecule has 0 spiro atoms. The number of ketones is 1. The summed E-state index contributed by atoms with van der Waals surface area (Å²) in [7, 11) is 4.01. The van der Waals surface area contributed by atoms with E-state index in [9.17, 15) is 4.79 Å². The van der Waals surface area contributed by atoms with Crippen LogP contribution in [0.5, 0.6) is 11.5 Å². The first-order chi connectivity index (χ1) is 12.6. The molecule has 6 nitrogen and oxygen atoms in total. The van der Waals surface area contributed by atoms with E-state index in [-0.39, 0.29) is 18.5 Å². The van der Waals surface area contributed by atoms with Gasteiger partial charge in [0, 0.05) is 49.7 Å². The van der Waals surface area contributed by atoms with E-state index >= 15 is 0 Å². The Kier molecular flexibility index (Phi) is 4.82. The topological polar surface area (TPSA) is 54.9 Å². The summed E-state index contributed by atoms with van der Waals surface area (Å²) in [5.41, 5.74) is 0.716. The standard InChI is InChI=1S/C19H23N3O3S/c1-21(2)19-20-9-15(26-19)11-22-7-3-4-14(10-22)18(23)13-5-6-16-17(8-13)25-12-24-16/h5-6,8-9,14H,3-4,7,10-12H2,1-2H3/t14-/m0/s1. The van der Waals surface area contributed by atoms with Crippen molar-refractivity contribution in [3.8, 4) is 11.5 Å². The maximum atomic E-state index is 13.0. The predicted molar refractivity (Wildman–Crippen MR) is 101 cm³/mol. The van der Waals surface area contributed by atoms with Crippen LogP contribution < -0.4 is 14.4 Å². The molecule has 1 saturated heterocycles. The minimum atomic E-state index is 0.0327. The van der Waals surface area contributed by atoms with Crippen LogP contribution in [0, 0.1) is 5.92 Å². The summed E-state index contributed by atoms with van der Waals surface area (Å²) >= 11 is 1.71. The molecule has 4 rings (SSSR count). The second-order valence-corrected chi connectivity index (χ2v) is 8.10. The average Bonchev–Trinajstić information content (AvgIpc) is 3.30. The fraction of sp³-hybridized carbons (Fsp3) is 0.474. The van der Waals surface area contributed by atoms with Gasteiger partial charge in [-0.1, -0.05) is 0 Å². The van der Waals surface area contributed by atoms with Crippen molar-refractivity contribution in [1.82, 2.24) is 9.88 Å². The van der Waals surface area contributed by atoms with Gasteiger partial charge in [-0.25, -0.2) is 4.98 Å². The highest BCUT2D eigenvalue weighted by atomic mass is 32.1. The molecule has 0 saturated carbocycles. The minimum Gasteiger partial charge on any atom is -0.454 e. The van der Waals surface area contributed by atoms with Gasteiger partial charge in [0.25, 0.3) is 0 Å². The van der Waals surface area contributed by atoms with E-state index in [2.05, 4.69) is 9.88 Å². The van der Waals surface area contributed by atoms with Crippen LogP contribution in [0.3, 0.4) is 0 Å². The number of aromatic nitrogens is 1. The number of nitrogens with zero attached hydrogens (tertiary/aromatic N) is 3. The number of carbonyl (C=O) groups excluding carboxylic acids is 1. The molecule has 1 fully saturated rings. The number of fused-ring (bicyclic) bond motifs is 1. The zero-order valence-corrected chi connectivity index (χ0v) is 15.9. The number of carbonyl (C=O) groups is 1. The Morgan fingerprint density at radius 2 is 2.19 bits per heavy atom. The summed E-state index contributed by atoms with van der Waals surface area (Å²) in [6.45, 7) is 2.91. The molecule has 26 heavy (non-hydrogen) atoms. The van der Waals surface area contributed by atoms with Crippen molar-refractivity contribution in [3.05, 3.63) is 34.8 Å². The van der Waals surface area contributed by atoms with Crippen LogP contribution in [0.25, 0.3) is 0 Å². The lowest BCUT2D eigenvalue weighted by atomic mass is 9.90. The number of hydrogen-bond donors (Lipinski definition) is 0. The van der Waals surface area contributed by atoms with Crippen LogP contribution in [0.1, 0.15) is 28.1 Å². The van der Waals surface area contributed by atoms with Gasteiger partial charge in [0.2, 0.25) is 6.79 Å². The van der Waals surface area contributed by atoms with Crippen LogP contribution in [-0.4, -0.2) is 49.6 Å². The van der Waals surface area contributed by atoms with Gasteiger partial charge in [-0.2, -0.15) is 0 Å². The summed E-state index contributed by atoms with van der Waals surface area (Å²) in [5.74, 6) is 1.62. The van der Waals surface area contributed by atoms with Gasteiger partial charge >= 0.3 is 0 Å². The molecule has 0 amide bonds. The summed E-state index contributed by atoms with van der Waals surface area (Å²) < 4.78 is 10.7. The molecule has 1 atom stereocenters. The first kappa shape index (κ1) is 17.3. The summed E-state index contributed by atoms with van der Waals surface area (Å²) in [4.78, 5) is 23.0. The third-order valence-corrected chi connectivity index (χ3v) is 5.99. The second kappa shape index (κ2) is 7.25. The molecule has 0 aliphatic carbocycles. The average molecular weight is 373 g/mol. The molecular formula is C19H23N3O3S. The highest BCUT2D eigenvalue weighted by molar-refractivity contribution is 7.15. The van der Waals surface area contributed by atoms with Gasteiger partial charge in [-0.05, 0) is 37.6 Å². The number of hydrogen-bond acceptors (Lipinski definition) is 7. The van der Waals surface area contributed by atoms with Crippen molar-refractivity contribution in [2.75, 3.05) is 38.9 Å². The number of piperidine rings is 1. The summed E-state index contributed by atoms with van der Waals surface area (Å²) in [5, 5.41) is 1.02. The zero-order chi connectivity index (χ0) is 18.1. The monoisotopic (exact) mass is 373 g/mol. The lowest BCUT2D eigenvalue weighted by Gasteiger charge is -2.31. The lowest BCUT2D eigenvalue weighted by molar-refractivity contribution is 0.0812.